The van der Waals surface area contributed by atoms with Crippen LogP contribution in [-0.2, 0) is 33.1 Å². The van der Waals surface area contributed by atoms with Gasteiger partial charge in [-0.25, -0.2) is 16.8 Å². The quantitative estimate of drug-likeness (QED) is 0.319. The normalized spacial score (nSPS) is 16.8. The van der Waals surface area contributed by atoms with Crippen molar-refractivity contribution in [3.05, 3.63) is 83.9 Å². The highest BCUT2D eigenvalue weighted by Crippen LogP contribution is 2.29. The summed E-state index contributed by atoms with van der Waals surface area (Å²) in [6.45, 7) is 2.71. The summed E-state index contributed by atoms with van der Waals surface area (Å²) in [4.78, 5) is 0.139. The first-order valence-corrected chi connectivity index (χ1v) is 15.9. The van der Waals surface area contributed by atoms with Crippen LogP contribution in [-0.4, -0.2) is 52.3 Å². The Kier molecular flexibility index (Phi) is 9.32. The number of hydrogen-bond donors (Lipinski definition) is 0. The van der Waals surface area contributed by atoms with E-state index in [1.807, 2.05) is 31.2 Å². The maximum absolute atomic E-state index is 13.9. The fraction of sp³-hybridized carbons (Fsp3) is 0.379. The van der Waals surface area contributed by atoms with Gasteiger partial charge in [-0.1, -0.05) is 37.6 Å². The molecule has 4 rings (SSSR count). The Labute approximate surface area is 232 Å². The Morgan fingerprint density at radius 2 is 1.44 bits per heavy atom. The van der Waals surface area contributed by atoms with Crippen LogP contribution in [0.2, 0.25) is 0 Å². The predicted octanol–water partition coefficient (Wildman–Crippen LogP) is 5.05. The number of rotatable bonds is 11. The average Bonchev–Trinajstić information content (AvgIpc) is 2.97. The van der Waals surface area contributed by atoms with Gasteiger partial charge >= 0.3 is 0 Å². The summed E-state index contributed by atoms with van der Waals surface area (Å²) in [5.74, 6) is 1.31. The minimum Gasteiger partial charge on any atom is -0.497 e. The van der Waals surface area contributed by atoms with Crippen molar-refractivity contribution in [3.63, 3.8) is 0 Å². The molecule has 3 aromatic carbocycles. The van der Waals surface area contributed by atoms with Gasteiger partial charge in [0, 0.05) is 25.7 Å². The molecule has 8 nitrogen and oxygen atoms in total. The maximum atomic E-state index is 13.9. The molecule has 0 aromatic heterocycles. The molecule has 0 radical (unpaired) electrons. The third kappa shape index (κ3) is 6.63. The fourth-order valence-electron chi connectivity index (χ4n) is 4.90. The highest BCUT2D eigenvalue weighted by Gasteiger charge is 2.33. The maximum Gasteiger partial charge on any atom is 0.243 e. The van der Waals surface area contributed by atoms with Gasteiger partial charge < -0.3 is 9.47 Å². The molecule has 0 N–H and O–H groups in total. The van der Waals surface area contributed by atoms with E-state index in [0.29, 0.717) is 18.0 Å². The Bertz CT molecular complexity index is 1460. The standard InChI is InChI=1S/C29H36N2O6S2/c1-4-25-9-5-6-19-31(25)39(34,35)29-17-15-28(16-18-29)38(32,33)30(21-23-11-13-26(36-2)14-12-23)22-24-8-7-10-27(20-24)37-3/h7-8,10-18,20,25H,4-6,9,19,21-22H2,1-3H3. The van der Waals surface area contributed by atoms with Crippen LogP contribution in [0.1, 0.15) is 43.7 Å². The van der Waals surface area contributed by atoms with Crippen LogP contribution in [0.3, 0.4) is 0 Å². The molecule has 210 valence electrons. The van der Waals surface area contributed by atoms with E-state index < -0.39 is 20.0 Å². The molecule has 3 aromatic rings. The van der Waals surface area contributed by atoms with Crippen molar-refractivity contribution in [2.24, 2.45) is 0 Å². The van der Waals surface area contributed by atoms with Gasteiger partial charge in [-0.15, -0.1) is 0 Å². The minimum atomic E-state index is -3.98. The highest BCUT2D eigenvalue weighted by atomic mass is 32.2. The highest BCUT2D eigenvalue weighted by molar-refractivity contribution is 7.89. The largest absolute Gasteiger partial charge is 0.497 e. The van der Waals surface area contributed by atoms with Crippen molar-refractivity contribution < 1.29 is 26.3 Å². The lowest BCUT2D eigenvalue weighted by Gasteiger charge is -2.34. The molecule has 0 bridgehead atoms. The van der Waals surface area contributed by atoms with Crippen LogP contribution in [0.5, 0.6) is 11.5 Å². The summed E-state index contributed by atoms with van der Waals surface area (Å²) < 4.78 is 68.1. The molecule has 0 amide bonds. The van der Waals surface area contributed by atoms with Gasteiger partial charge in [0.25, 0.3) is 0 Å². The van der Waals surface area contributed by atoms with Crippen LogP contribution in [0.15, 0.2) is 82.6 Å². The molecular formula is C29H36N2O6S2. The minimum absolute atomic E-state index is 0.0311. The van der Waals surface area contributed by atoms with Gasteiger partial charge in [0.05, 0.1) is 24.0 Å². The lowest BCUT2D eigenvalue weighted by molar-refractivity contribution is 0.246. The van der Waals surface area contributed by atoms with Crippen LogP contribution >= 0.6 is 0 Å². The number of methoxy groups -OCH3 is 2. The second kappa shape index (κ2) is 12.5. The third-order valence-corrected chi connectivity index (χ3v) is 10.9. The van der Waals surface area contributed by atoms with E-state index in [-0.39, 0.29) is 28.9 Å². The van der Waals surface area contributed by atoms with Crippen molar-refractivity contribution in [1.29, 1.82) is 0 Å². The van der Waals surface area contributed by atoms with Gasteiger partial charge in [0.2, 0.25) is 20.0 Å². The van der Waals surface area contributed by atoms with Crippen molar-refractivity contribution >= 4 is 20.0 Å². The predicted molar refractivity (Wildman–Crippen MR) is 151 cm³/mol. The van der Waals surface area contributed by atoms with Crippen LogP contribution in [0.25, 0.3) is 0 Å². The average molecular weight is 573 g/mol. The number of piperidine rings is 1. The van der Waals surface area contributed by atoms with E-state index in [9.17, 15) is 16.8 Å². The molecule has 1 saturated heterocycles. The van der Waals surface area contributed by atoms with E-state index in [4.69, 9.17) is 9.47 Å². The Balaban J connectivity index is 1.65. The number of benzene rings is 3. The van der Waals surface area contributed by atoms with Crippen molar-refractivity contribution in [1.82, 2.24) is 8.61 Å². The lowest BCUT2D eigenvalue weighted by Crippen LogP contribution is -2.43. The van der Waals surface area contributed by atoms with Gasteiger partial charge in [0.15, 0.2) is 0 Å². The molecule has 1 aliphatic heterocycles. The van der Waals surface area contributed by atoms with Crippen molar-refractivity contribution in [2.75, 3.05) is 20.8 Å². The Morgan fingerprint density at radius 1 is 0.795 bits per heavy atom. The fourth-order valence-corrected chi connectivity index (χ4v) is 8.08. The van der Waals surface area contributed by atoms with Gasteiger partial charge in [0.1, 0.15) is 11.5 Å². The molecular weight excluding hydrogens is 536 g/mol. The molecule has 10 heteroatoms. The first-order valence-electron chi connectivity index (χ1n) is 13.1. The van der Waals surface area contributed by atoms with Crippen molar-refractivity contribution in [3.8, 4) is 11.5 Å². The molecule has 1 atom stereocenters. The number of ether oxygens (including phenoxy) is 2. The summed E-state index contributed by atoms with van der Waals surface area (Å²) in [6.07, 6.45) is 3.43. The molecule has 1 fully saturated rings. The number of nitrogens with zero attached hydrogens (tertiary/aromatic N) is 2. The van der Waals surface area contributed by atoms with Gasteiger partial charge in [-0.05, 0) is 78.9 Å². The second-order valence-electron chi connectivity index (χ2n) is 9.62. The van der Waals surface area contributed by atoms with Crippen LogP contribution in [0.4, 0.5) is 0 Å². The zero-order chi connectivity index (χ0) is 28.0. The molecule has 39 heavy (non-hydrogen) atoms. The van der Waals surface area contributed by atoms with E-state index in [1.165, 1.54) is 28.6 Å². The van der Waals surface area contributed by atoms with Gasteiger partial charge in [-0.2, -0.15) is 8.61 Å². The Morgan fingerprint density at radius 3 is 2.08 bits per heavy atom. The molecule has 1 aliphatic rings. The number of hydrogen-bond acceptors (Lipinski definition) is 6. The third-order valence-electron chi connectivity index (χ3n) is 7.12. The van der Waals surface area contributed by atoms with E-state index in [1.54, 1.807) is 42.8 Å². The SMILES string of the molecule is CCC1CCCCN1S(=O)(=O)c1ccc(S(=O)(=O)N(Cc2ccc(OC)cc2)Cc2cccc(OC)c2)cc1. The Hall–Kier alpha value is -2.92. The lowest BCUT2D eigenvalue weighted by atomic mass is 10.0. The van der Waals surface area contributed by atoms with Crippen LogP contribution < -0.4 is 9.47 Å². The molecule has 0 saturated carbocycles. The molecule has 1 heterocycles. The van der Waals surface area contributed by atoms with E-state index >= 15 is 0 Å². The summed E-state index contributed by atoms with van der Waals surface area (Å²) >= 11 is 0. The topological polar surface area (TPSA) is 93.2 Å². The summed E-state index contributed by atoms with van der Waals surface area (Å²) in [5.41, 5.74) is 1.55. The zero-order valence-corrected chi connectivity index (χ0v) is 24.2. The van der Waals surface area contributed by atoms with Gasteiger partial charge in [-0.3, -0.25) is 0 Å². The summed E-state index contributed by atoms with van der Waals surface area (Å²) in [7, 11) is -4.56. The summed E-state index contributed by atoms with van der Waals surface area (Å²) in [6, 6.07) is 20.0. The first kappa shape index (κ1) is 29.1. The van der Waals surface area contributed by atoms with E-state index in [0.717, 1.165) is 36.8 Å². The second-order valence-corrected chi connectivity index (χ2v) is 13.4. The van der Waals surface area contributed by atoms with Crippen molar-refractivity contribution in [2.45, 2.75) is 61.5 Å². The smallest absolute Gasteiger partial charge is 0.243 e. The monoisotopic (exact) mass is 572 g/mol. The first-order chi connectivity index (χ1) is 18.7. The zero-order valence-electron chi connectivity index (χ0n) is 22.6. The number of sulfonamides is 2. The summed E-state index contributed by atoms with van der Waals surface area (Å²) in [5, 5.41) is 0. The van der Waals surface area contributed by atoms with E-state index in [2.05, 4.69) is 0 Å². The molecule has 0 spiro atoms. The molecule has 0 aliphatic carbocycles. The molecule has 1 unspecified atom stereocenters. The van der Waals surface area contributed by atoms with Crippen LogP contribution in [0, 0.1) is 0 Å².